The molecule has 0 aliphatic carbocycles. The summed E-state index contributed by atoms with van der Waals surface area (Å²) in [5, 5.41) is 0. The average molecular weight is 322 g/mol. The van der Waals surface area contributed by atoms with Gasteiger partial charge in [-0.15, -0.1) is 0 Å². The van der Waals surface area contributed by atoms with E-state index in [1.807, 2.05) is 42.6 Å². The Morgan fingerprint density at radius 1 is 1.08 bits per heavy atom. The number of imidazole rings is 1. The number of benzene rings is 2. The minimum atomic E-state index is 0.0922. The molecule has 5 nitrogen and oxygen atoms in total. The van der Waals surface area contributed by atoms with E-state index >= 15 is 0 Å². The van der Waals surface area contributed by atoms with E-state index in [1.165, 1.54) is 5.56 Å². The van der Waals surface area contributed by atoms with E-state index < -0.39 is 0 Å². The molecule has 1 aliphatic rings. The normalized spacial score (nSPS) is 15.7. The van der Waals surface area contributed by atoms with E-state index in [9.17, 15) is 0 Å². The number of nitrogens with zero attached hydrogens (tertiary/aromatic N) is 2. The summed E-state index contributed by atoms with van der Waals surface area (Å²) in [7, 11) is 3.28. The van der Waals surface area contributed by atoms with Crippen molar-refractivity contribution in [3.63, 3.8) is 0 Å². The van der Waals surface area contributed by atoms with Gasteiger partial charge in [-0.25, -0.2) is 4.98 Å². The van der Waals surface area contributed by atoms with Gasteiger partial charge >= 0.3 is 0 Å². The smallest absolute Gasteiger partial charge is 0.171 e. The molecule has 4 rings (SSSR count). The Balaban J connectivity index is 1.83. The molecule has 0 amide bonds. The molecule has 0 N–H and O–H groups in total. The van der Waals surface area contributed by atoms with Crippen LogP contribution in [0.4, 0.5) is 0 Å². The Bertz CT molecular complexity index is 873. The molecular formula is C19H18N2O3. The molecule has 3 aromatic rings. The minimum absolute atomic E-state index is 0.0922. The van der Waals surface area contributed by atoms with Crippen molar-refractivity contribution in [1.82, 2.24) is 9.55 Å². The maximum absolute atomic E-state index is 5.82. The summed E-state index contributed by atoms with van der Waals surface area (Å²) in [4.78, 5) is 4.56. The Hall–Kier alpha value is -2.95. The van der Waals surface area contributed by atoms with Gasteiger partial charge in [-0.2, -0.15) is 0 Å². The molecule has 1 aliphatic heterocycles. The fourth-order valence-corrected chi connectivity index (χ4v) is 3.21. The first-order valence-electron chi connectivity index (χ1n) is 7.79. The number of ether oxygens (including phenoxy) is 3. The number of fused-ring (bicyclic) bond motifs is 1. The maximum atomic E-state index is 5.82. The highest BCUT2D eigenvalue weighted by Gasteiger charge is 2.28. The summed E-state index contributed by atoms with van der Waals surface area (Å²) in [5.41, 5.74) is 2.06. The molecule has 1 atom stereocenters. The lowest BCUT2D eigenvalue weighted by molar-refractivity contribution is 0.317. The number of rotatable bonds is 4. The van der Waals surface area contributed by atoms with Gasteiger partial charge in [0.2, 0.25) is 0 Å². The Morgan fingerprint density at radius 3 is 2.79 bits per heavy atom. The molecule has 0 saturated heterocycles. The summed E-state index contributed by atoms with van der Waals surface area (Å²) in [6.45, 7) is 0.592. The topological polar surface area (TPSA) is 45.5 Å². The van der Waals surface area contributed by atoms with E-state index in [2.05, 4.69) is 15.6 Å². The third-order valence-electron chi connectivity index (χ3n) is 4.32. The van der Waals surface area contributed by atoms with E-state index in [1.54, 1.807) is 20.4 Å². The molecule has 0 bridgehead atoms. The van der Waals surface area contributed by atoms with Crippen LogP contribution in [0.5, 0.6) is 17.2 Å². The van der Waals surface area contributed by atoms with Crippen LogP contribution in [0, 0.1) is 0 Å². The van der Waals surface area contributed by atoms with Crippen LogP contribution in [0.2, 0.25) is 0 Å². The van der Waals surface area contributed by atoms with Crippen LogP contribution in [-0.2, 0) is 0 Å². The zero-order valence-corrected chi connectivity index (χ0v) is 13.6. The van der Waals surface area contributed by atoms with Gasteiger partial charge in [-0.1, -0.05) is 24.3 Å². The van der Waals surface area contributed by atoms with E-state index in [-0.39, 0.29) is 6.04 Å². The zero-order valence-electron chi connectivity index (χ0n) is 13.6. The van der Waals surface area contributed by atoms with Crippen molar-refractivity contribution in [1.29, 1.82) is 0 Å². The van der Waals surface area contributed by atoms with E-state index in [0.717, 1.165) is 17.1 Å². The molecule has 0 fully saturated rings. The first kappa shape index (κ1) is 14.6. The van der Waals surface area contributed by atoms with Crippen molar-refractivity contribution in [3.05, 3.63) is 60.4 Å². The van der Waals surface area contributed by atoms with Gasteiger partial charge in [0, 0.05) is 18.0 Å². The highest BCUT2D eigenvalue weighted by atomic mass is 16.5. The molecule has 122 valence electrons. The number of hydrogen-bond acceptors (Lipinski definition) is 4. The summed E-state index contributed by atoms with van der Waals surface area (Å²) >= 11 is 0. The van der Waals surface area contributed by atoms with Crippen LogP contribution in [0.1, 0.15) is 11.6 Å². The lowest BCUT2D eigenvalue weighted by Crippen LogP contribution is -2.13. The van der Waals surface area contributed by atoms with Crippen LogP contribution in [-0.4, -0.2) is 30.4 Å². The number of hydrogen-bond donors (Lipinski definition) is 0. The van der Waals surface area contributed by atoms with Crippen molar-refractivity contribution < 1.29 is 14.2 Å². The molecule has 1 unspecified atom stereocenters. The van der Waals surface area contributed by atoms with Crippen molar-refractivity contribution in [3.8, 4) is 28.6 Å². The molecular weight excluding hydrogens is 304 g/mol. The van der Waals surface area contributed by atoms with Crippen molar-refractivity contribution >= 4 is 0 Å². The van der Waals surface area contributed by atoms with Gasteiger partial charge in [-0.3, -0.25) is 0 Å². The number of methoxy groups -OCH3 is 2. The van der Waals surface area contributed by atoms with Crippen LogP contribution in [0.25, 0.3) is 11.4 Å². The Labute approximate surface area is 140 Å². The predicted octanol–water partition coefficient (Wildman–Crippen LogP) is 3.55. The number of aromatic nitrogens is 2. The minimum Gasteiger partial charge on any atom is -0.493 e. The number of para-hydroxylation sites is 2. The van der Waals surface area contributed by atoms with Crippen LogP contribution < -0.4 is 14.2 Å². The third-order valence-corrected chi connectivity index (χ3v) is 4.32. The van der Waals surface area contributed by atoms with Gasteiger partial charge in [0.1, 0.15) is 18.2 Å². The highest BCUT2D eigenvalue weighted by molar-refractivity contribution is 5.69. The summed E-state index contributed by atoms with van der Waals surface area (Å²) in [6, 6.07) is 14.0. The van der Waals surface area contributed by atoms with Crippen LogP contribution >= 0.6 is 0 Å². The van der Waals surface area contributed by atoms with Crippen LogP contribution in [0.3, 0.4) is 0 Å². The van der Waals surface area contributed by atoms with Gasteiger partial charge < -0.3 is 18.8 Å². The summed E-state index contributed by atoms with van der Waals surface area (Å²) in [5.74, 6) is 3.13. The monoisotopic (exact) mass is 322 g/mol. The van der Waals surface area contributed by atoms with Crippen molar-refractivity contribution in [2.75, 3.05) is 20.8 Å². The zero-order chi connectivity index (χ0) is 16.5. The third kappa shape index (κ3) is 2.21. The molecule has 5 heteroatoms. The molecule has 0 spiro atoms. The van der Waals surface area contributed by atoms with Crippen LogP contribution in [0.15, 0.2) is 54.9 Å². The largest absolute Gasteiger partial charge is 0.493 e. The molecule has 0 saturated carbocycles. The molecule has 2 heterocycles. The van der Waals surface area contributed by atoms with Crippen molar-refractivity contribution in [2.45, 2.75) is 6.04 Å². The second kappa shape index (κ2) is 5.92. The fourth-order valence-electron chi connectivity index (χ4n) is 3.21. The first-order valence-corrected chi connectivity index (χ1v) is 7.79. The lowest BCUT2D eigenvalue weighted by atomic mass is 10.1. The molecule has 1 aromatic heterocycles. The van der Waals surface area contributed by atoms with Gasteiger partial charge in [0.05, 0.1) is 25.8 Å². The SMILES string of the molecule is COc1cccc(-c2nccn2C2COc3ccccc32)c1OC. The molecule has 24 heavy (non-hydrogen) atoms. The second-order valence-electron chi connectivity index (χ2n) is 5.56. The predicted molar refractivity (Wildman–Crippen MR) is 90.8 cm³/mol. The van der Waals surface area contributed by atoms with Gasteiger partial charge in [-0.05, 0) is 18.2 Å². The van der Waals surface area contributed by atoms with E-state index in [0.29, 0.717) is 18.1 Å². The fraction of sp³-hybridized carbons (Fsp3) is 0.211. The quantitative estimate of drug-likeness (QED) is 0.737. The van der Waals surface area contributed by atoms with E-state index in [4.69, 9.17) is 14.2 Å². The maximum Gasteiger partial charge on any atom is 0.171 e. The Kier molecular flexibility index (Phi) is 3.61. The Morgan fingerprint density at radius 2 is 1.96 bits per heavy atom. The molecule has 0 radical (unpaired) electrons. The van der Waals surface area contributed by atoms with Gasteiger partial charge in [0.15, 0.2) is 11.5 Å². The van der Waals surface area contributed by atoms with Gasteiger partial charge in [0.25, 0.3) is 0 Å². The summed E-state index contributed by atoms with van der Waals surface area (Å²) < 4.78 is 18.9. The van der Waals surface area contributed by atoms with Crippen molar-refractivity contribution in [2.24, 2.45) is 0 Å². The second-order valence-corrected chi connectivity index (χ2v) is 5.56. The first-order chi connectivity index (χ1) is 11.8. The lowest BCUT2D eigenvalue weighted by Gasteiger charge is -2.17. The molecule has 2 aromatic carbocycles. The standard InChI is InChI=1S/C19H18N2O3/c1-22-17-9-5-7-14(18(17)23-2)19-20-10-11-21(19)15-12-24-16-8-4-3-6-13(15)16/h3-11,15H,12H2,1-2H3. The summed E-state index contributed by atoms with van der Waals surface area (Å²) in [6.07, 6.45) is 3.78. The average Bonchev–Trinajstić information content (AvgIpc) is 3.27. The highest BCUT2D eigenvalue weighted by Crippen LogP contribution is 2.41.